The molecule has 31 heavy (non-hydrogen) atoms. The van der Waals surface area contributed by atoms with Gasteiger partial charge in [0, 0.05) is 13.8 Å². The lowest BCUT2D eigenvalue weighted by molar-refractivity contribution is -0.0493. The van der Waals surface area contributed by atoms with Gasteiger partial charge in [-0.3, -0.25) is 0 Å². The minimum Gasteiger partial charge on any atom is -0.487 e. The topological polar surface area (TPSA) is 43.8 Å². The summed E-state index contributed by atoms with van der Waals surface area (Å²) >= 11 is 0. The van der Waals surface area contributed by atoms with Gasteiger partial charge in [-0.1, -0.05) is 43.4 Å². The number of aromatic nitrogens is 1. The second kappa shape index (κ2) is 10.7. The van der Waals surface area contributed by atoms with Gasteiger partial charge in [-0.25, -0.2) is 4.98 Å². The molecule has 0 spiro atoms. The van der Waals surface area contributed by atoms with E-state index in [0.29, 0.717) is 19.8 Å². The minimum absolute atomic E-state index is 0.424. The van der Waals surface area contributed by atoms with Crippen LogP contribution in [-0.4, -0.2) is 50.8 Å². The van der Waals surface area contributed by atoms with Crippen LogP contribution in [0.15, 0.2) is 42.5 Å². The van der Waals surface area contributed by atoms with Crippen molar-refractivity contribution in [1.82, 2.24) is 9.88 Å². The number of hydrogen-bond donors (Lipinski definition) is 0. The van der Waals surface area contributed by atoms with Gasteiger partial charge in [0.15, 0.2) is 0 Å². The van der Waals surface area contributed by atoms with E-state index in [4.69, 9.17) is 19.2 Å². The fourth-order valence-electron chi connectivity index (χ4n) is 4.21. The molecule has 2 aliphatic heterocycles. The average Bonchev–Trinajstić information content (AvgIpc) is 3.32. The Labute approximate surface area is 187 Å². The Hall–Kier alpha value is -1.73. The van der Waals surface area contributed by atoms with Crippen LogP contribution in [0.25, 0.3) is 0 Å². The molecule has 1 aromatic carbocycles. The summed E-state index contributed by atoms with van der Waals surface area (Å²) in [5.41, 5.74) is 3.00. The van der Waals surface area contributed by atoms with Crippen molar-refractivity contribution in [3.63, 3.8) is 0 Å². The lowest BCUT2D eigenvalue weighted by Crippen LogP contribution is -2.43. The minimum atomic E-state index is -0.873. The lowest BCUT2D eigenvalue weighted by atomic mass is 10.1. The first-order valence-corrected chi connectivity index (χ1v) is 15.1. The van der Waals surface area contributed by atoms with E-state index in [0.717, 1.165) is 35.5 Å². The van der Waals surface area contributed by atoms with E-state index in [9.17, 15) is 0 Å². The maximum absolute atomic E-state index is 6.09. The monoisotopic (exact) mass is 440 g/mol. The van der Waals surface area contributed by atoms with Gasteiger partial charge >= 0.3 is 0 Å². The van der Waals surface area contributed by atoms with Crippen LogP contribution in [0.2, 0.25) is 25.2 Å². The maximum atomic E-state index is 6.09. The summed E-state index contributed by atoms with van der Waals surface area (Å²) in [6, 6.07) is 17.2. The summed E-state index contributed by atoms with van der Waals surface area (Å²) in [5, 5.41) is 0. The van der Waals surface area contributed by atoms with Crippen LogP contribution in [0, 0.1) is 0 Å². The fourth-order valence-corrected chi connectivity index (χ4v) is 6.30. The second-order valence-electron chi connectivity index (χ2n) is 9.50. The van der Waals surface area contributed by atoms with Gasteiger partial charge < -0.3 is 19.1 Å². The van der Waals surface area contributed by atoms with Gasteiger partial charge in [0.1, 0.15) is 18.1 Å². The molecule has 0 radical (unpaired) electrons. The normalized spacial score (nSPS) is 19.5. The summed E-state index contributed by atoms with van der Waals surface area (Å²) in [6.07, 6.45) is 2.93. The Morgan fingerprint density at radius 3 is 2.48 bits per heavy atom. The van der Waals surface area contributed by atoms with Gasteiger partial charge in [0.05, 0.1) is 13.2 Å². The number of unbranched alkanes of at least 4 members (excludes halogenated alkanes) is 1. The van der Waals surface area contributed by atoms with Gasteiger partial charge in [0.25, 0.3) is 0 Å². The molecular weight excluding hydrogens is 404 g/mol. The van der Waals surface area contributed by atoms with Crippen molar-refractivity contribution in [3.05, 3.63) is 59.4 Å². The highest BCUT2D eigenvalue weighted by atomic mass is 28.3. The van der Waals surface area contributed by atoms with Crippen molar-refractivity contribution in [2.75, 3.05) is 32.8 Å². The van der Waals surface area contributed by atoms with Gasteiger partial charge in [0.2, 0.25) is 6.29 Å². The Morgan fingerprint density at radius 1 is 1.00 bits per heavy atom. The largest absolute Gasteiger partial charge is 0.487 e. The molecule has 6 heteroatoms. The lowest BCUT2D eigenvalue weighted by Gasteiger charge is -2.35. The highest BCUT2D eigenvalue weighted by Crippen LogP contribution is 2.31. The summed E-state index contributed by atoms with van der Waals surface area (Å²) < 4.78 is 17.6. The van der Waals surface area contributed by atoms with Crippen molar-refractivity contribution in [1.29, 1.82) is 0 Å². The third-order valence-electron chi connectivity index (χ3n) is 6.39. The summed E-state index contributed by atoms with van der Waals surface area (Å²) in [6.45, 7) is 10.6. The number of pyridine rings is 1. The van der Waals surface area contributed by atoms with E-state index in [1.807, 2.05) is 24.3 Å². The van der Waals surface area contributed by atoms with E-state index in [-0.39, 0.29) is 0 Å². The van der Waals surface area contributed by atoms with Crippen molar-refractivity contribution in [2.45, 2.75) is 57.3 Å². The molecule has 3 heterocycles. The molecule has 0 atom stereocenters. The van der Waals surface area contributed by atoms with E-state index in [2.05, 4.69) is 36.2 Å². The molecule has 0 N–H and O–H groups in total. The average molecular weight is 441 g/mol. The summed E-state index contributed by atoms with van der Waals surface area (Å²) in [4.78, 5) is 7.54. The van der Waals surface area contributed by atoms with Crippen LogP contribution in [0.4, 0.5) is 0 Å². The maximum Gasteiger partial charge on any atom is 0.205 e. The standard InChI is InChI=1S/C25H36N2O3Si/c1-31(2)18-14-27(15-19-31)13-7-6-10-22-11-12-23(24(26-22)25-28-16-17-29-25)30-20-21-8-4-3-5-9-21/h3-5,8-9,11-12,25H,6-7,10,13-20H2,1-2H3. The molecule has 168 valence electrons. The Balaban J connectivity index is 1.31. The van der Waals surface area contributed by atoms with Crippen molar-refractivity contribution < 1.29 is 14.2 Å². The van der Waals surface area contributed by atoms with Crippen molar-refractivity contribution in [2.24, 2.45) is 0 Å². The molecule has 4 rings (SSSR count). The molecular formula is C25H36N2O3Si. The molecule has 0 unspecified atom stereocenters. The predicted octanol–water partition coefficient (Wildman–Crippen LogP) is 5.05. The number of hydrogen-bond acceptors (Lipinski definition) is 5. The Kier molecular flexibility index (Phi) is 7.77. The van der Waals surface area contributed by atoms with Crippen molar-refractivity contribution in [3.8, 4) is 5.75 Å². The molecule has 0 bridgehead atoms. The first kappa shape index (κ1) is 22.5. The Bertz CT molecular complexity index is 815. The van der Waals surface area contributed by atoms with Gasteiger partial charge in [-0.05, 0) is 68.7 Å². The zero-order valence-electron chi connectivity index (χ0n) is 19.0. The smallest absolute Gasteiger partial charge is 0.205 e. The fraction of sp³-hybridized carbons (Fsp3) is 0.560. The van der Waals surface area contributed by atoms with Crippen LogP contribution in [0.3, 0.4) is 0 Å². The number of benzene rings is 1. The number of nitrogens with zero attached hydrogens (tertiary/aromatic N) is 2. The molecule has 5 nitrogen and oxygen atoms in total. The molecule has 0 aliphatic carbocycles. The zero-order valence-corrected chi connectivity index (χ0v) is 20.0. The highest BCUT2D eigenvalue weighted by molar-refractivity contribution is 6.77. The van der Waals surface area contributed by atoms with E-state index in [1.54, 1.807) is 0 Å². The summed E-state index contributed by atoms with van der Waals surface area (Å²) in [7, 11) is -0.873. The predicted molar refractivity (Wildman–Crippen MR) is 126 cm³/mol. The number of rotatable bonds is 9. The molecule has 2 saturated heterocycles. The van der Waals surface area contributed by atoms with E-state index >= 15 is 0 Å². The molecule has 2 aliphatic rings. The number of aryl methyl sites for hydroxylation is 1. The third kappa shape index (κ3) is 6.62. The van der Waals surface area contributed by atoms with E-state index in [1.165, 1.54) is 38.1 Å². The second-order valence-corrected chi connectivity index (χ2v) is 14.8. The van der Waals surface area contributed by atoms with Crippen LogP contribution < -0.4 is 4.74 Å². The van der Waals surface area contributed by atoms with Crippen LogP contribution in [0.5, 0.6) is 5.75 Å². The third-order valence-corrected chi connectivity index (χ3v) is 9.55. The highest BCUT2D eigenvalue weighted by Gasteiger charge is 2.27. The van der Waals surface area contributed by atoms with Crippen molar-refractivity contribution >= 4 is 8.07 Å². The van der Waals surface area contributed by atoms with Gasteiger partial charge in [-0.15, -0.1) is 0 Å². The number of ether oxygens (including phenoxy) is 3. The summed E-state index contributed by atoms with van der Waals surface area (Å²) in [5.74, 6) is 0.750. The first-order valence-electron chi connectivity index (χ1n) is 11.7. The zero-order chi connectivity index (χ0) is 21.5. The quantitative estimate of drug-likeness (QED) is 0.403. The Morgan fingerprint density at radius 2 is 1.74 bits per heavy atom. The van der Waals surface area contributed by atoms with Crippen LogP contribution in [-0.2, 0) is 22.5 Å². The molecule has 0 saturated carbocycles. The van der Waals surface area contributed by atoms with Crippen LogP contribution >= 0.6 is 0 Å². The molecule has 1 aromatic heterocycles. The first-order chi connectivity index (χ1) is 15.1. The molecule has 2 aromatic rings. The van der Waals surface area contributed by atoms with E-state index < -0.39 is 14.4 Å². The molecule has 0 amide bonds. The SMILES string of the molecule is C[Si]1(C)CCN(CCCCc2ccc(OCc3ccccc3)c(C3OCCO3)n2)CC1. The van der Waals surface area contributed by atoms with Crippen LogP contribution in [0.1, 0.15) is 36.1 Å². The molecule has 2 fully saturated rings. The van der Waals surface area contributed by atoms with Gasteiger partial charge in [-0.2, -0.15) is 0 Å².